The molecule has 1 unspecified atom stereocenters. The number of anilines is 2. The molecule has 0 radical (unpaired) electrons. The molecule has 1 aromatic carbocycles. The van der Waals surface area contributed by atoms with Crippen LogP contribution in [-0.4, -0.2) is 28.3 Å². The summed E-state index contributed by atoms with van der Waals surface area (Å²) in [6, 6.07) is 11.9. The highest BCUT2D eigenvalue weighted by atomic mass is 32.1. The van der Waals surface area contributed by atoms with Crippen molar-refractivity contribution in [2.75, 3.05) is 16.8 Å². The van der Waals surface area contributed by atoms with Crippen molar-refractivity contribution in [2.24, 2.45) is 5.92 Å². The molecule has 6 nitrogen and oxygen atoms in total. The van der Waals surface area contributed by atoms with Crippen molar-refractivity contribution >= 4 is 34.1 Å². The molecule has 1 N–H and O–H groups in total. The Morgan fingerprint density at radius 3 is 2.75 bits per heavy atom. The number of hydrogen-bond acceptors (Lipinski definition) is 5. The van der Waals surface area contributed by atoms with Crippen LogP contribution in [0.4, 0.5) is 10.9 Å². The highest BCUT2D eigenvalue weighted by Crippen LogP contribution is 2.29. The van der Waals surface area contributed by atoms with Crippen molar-refractivity contribution < 1.29 is 9.59 Å². The predicted molar refractivity (Wildman–Crippen MR) is 110 cm³/mol. The summed E-state index contributed by atoms with van der Waals surface area (Å²) in [6.45, 7) is 4.30. The van der Waals surface area contributed by atoms with Crippen molar-refractivity contribution in [3.63, 3.8) is 0 Å². The number of carbonyl (C=O) groups is 2. The lowest BCUT2D eigenvalue weighted by molar-refractivity contribution is -0.122. The molecule has 4 rings (SSSR count). The Hall–Kier alpha value is -3.06. The molecule has 2 amide bonds. The van der Waals surface area contributed by atoms with Crippen LogP contribution in [0.25, 0.3) is 11.1 Å². The normalized spacial score (nSPS) is 16.4. The number of aromatic nitrogens is 2. The van der Waals surface area contributed by atoms with Crippen LogP contribution in [0.5, 0.6) is 0 Å². The van der Waals surface area contributed by atoms with E-state index in [1.54, 1.807) is 11.1 Å². The predicted octanol–water partition coefficient (Wildman–Crippen LogP) is 3.81. The first-order valence-corrected chi connectivity index (χ1v) is 9.95. The maximum Gasteiger partial charge on any atom is 0.230 e. The van der Waals surface area contributed by atoms with E-state index in [1.165, 1.54) is 11.3 Å². The van der Waals surface area contributed by atoms with Gasteiger partial charge in [0.2, 0.25) is 11.8 Å². The maximum absolute atomic E-state index is 12.8. The van der Waals surface area contributed by atoms with E-state index in [1.807, 2.05) is 55.6 Å². The van der Waals surface area contributed by atoms with Gasteiger partial charge in [-0.05, 0) is 36.6 Å². The minimum absolute atomic E-state index is 0.0758. The molecule has 1 fully saturated rings. The van der Waals surface area contributed by atoms with Gasteiger partial charge in [-0.3, -0.25) is 14.5 Å². The van der Waals surface area contributed by atoms with Crippen molar-refractivity contribution in [1.29, 1.82) is 0 Å². The first-order valence-electron chi connectivity index (χ1n) is 9.07. The van der Waals surface area contributed by atoms with E-state index < -0.39 is 5.92 Å². The number of nitrogens with zero attached hydrogens (tertiary/aromatic N) is 3. The van der Waals surface area contributed by atoms with Crippen LogP contribution in [0.2, 0.25) is 0 Å². The third-order valence-electron chi connectivity index (χ3n) is 5.00. The summed E-state index contributed by atoms with van der Waals surface area (Å²) in [7, 11) is 0. The number of thiazole rings is 1. The van der Waals surface area contributed by atoms with Crippen molar-refractivity contribution in [3.8, 4) is 11.1 Å². The maximum atomic E-state index is 12.8. The van der Waals surface area contributed by atoms with E-state index in [4.69, 9.17) is 0 Å². The Bertz CT molecular complexity index is 1020. The number of carbonyl (C=O) groups excluding carboxylic acids is 2. The van der Waals surface area contributed by atoms with Gasteiger partial charge in [0.05, 0.1) is 5.92 Å². The SMILES string of the molecule is Cc1nc(NC(=O)C2CC(=O)N(c3nccs3)C2)cc(-c2ccccc2)c1C. The van der Waals surface area contributed by atoms with Gasteiger partial charge in [0.25, 0.3) is 0 Å². The summed E-state index contributed by atoms with van der Waals surface area (Å²) < 4.78 is 0. The smallest absolute Gasteiger partial charge is 0.230 e. The Labute approximate surface area is 167 Å². The first kappa shape index (κ1) is 18.3. The fourth-order valence-electron chi connectivity index (χ4n) is 3.36. The average molecular weight is 392 g/mol. The Balaban J connectivity index is 1.54. The minimum Gasteiger partial charge on any atom is -0.310 e. The zero-order chi connectivity index (χ0) is 19.7. The third kappa shape index (κ3) is 3.53. The van der Waals surface area contributed by atoms with Crippen LogP contribution >= 0.6 is 11.3 Å². The summed E-state index contributed by atoms with van der Waals surface area (Å²) in [4.78, 5) is 35.3. The fraction of sp³-hybridized carbons (Fsp3) is 0.238. The van der Waals surface area contributed by atoms with Crippen LogP contribution in [0.15, 0.2) is 48.0 Å². The second-order valence-corrected chi connectivity index (χ2v) is 7.71. The van der Waals surface area contributed by atoms with Gasteiger partial charge in [-0.1, -0.05) is 30.3 Å². The number of rotatable bonds is 4. The van der Waals surface area contributed by atoms with E-state index in [9.17, 15) is 9.59 Å². The quantitative estimate of drug-likeness (QED) is 0.733. The third-order valence-corrected chi connectivity index (χ3v) is 5.79. The van der Waals surface area contributed by atoms with Gasteiger partial charge in [-0.15, -0.1) is 11.3 Å². The Morgan fingerprint density at radius 2 is 2.04 bits per heavy atom. The second kappa shape index (κ2) is 7.52. The van der Waals surface area contributed by atoms with Gasteiger partial charge in [0.1, 0.15) is 5.82 Å². The van der Waals surface area contributed by atoms with Gasteiger partial charge in [0.15, 0.2) is 5.13 Å². The molecular weight excluding hydrogens is 372 g/mol. The number of hydrogen-bond donors (Lipinski definition) is 1. The topological polar surface area (TPSA) is 75.2 Å². The lowest BCUT2D eigenvalue weighted by atomic mass is 10.00. The lowest BCUT2D eigenvalue weighted by Crippen LogP contribution is -2.28. The molecule has 3 heterocycles. The molecule has 0 aliphatic carbocycles. The summed E-state index contributed by atoms with van der Waals surface area (Å²) >= 11 is 1.39. The molecule has 3 aromatic rings. The van der Waals surface area contributed by atoms with E-state index in [2.05, 4.69) is 15.3 Å². The van der Waals surface area contributed by atoms with E-state index in [0.717, 1.165) is 22.4 Å². The van der Waals surface area contributed by atoms with Gasteiger partial charge < -0.3 is 5.32 Å². The molecule has 0 saturated carbocycles. The highest BCUT2D eigenvalue weighted by molar-refractivity contribution is 7.13. The zero-order valence-electron chi connectivity index (χ0n) is 15.7. The number of aryl methyl sites for hydroxylation is 1. The lowest BCUT2D eigenvalue weighted by Gasteiger charge is -2.15. The van der Waals surface area contributed by atoms with Gasteiger partial charge in [-0.2, -0.15) is 0 Å². The Kier molecular flexibility index (Phi) is 4.92. The summed E-state index contributed by atoms with van der Waals surface area (Å²) in [5.74, 6) is -0.178. The summed E-state index contributed by atoms with van der Waals surface area (Å²) in [6.07, 6.45) is 1.84. The van der Waals surface area contributed by atoms with Crippen LogP contribution in [0, 0.1) is 19.8 Å². The number of pyridine rings is 1. The van der Waals surface area contributed by atoms with Gasteiger partial charge in [-0.25, -0.2) is 9.97 Å². The monoisotopic (exact) mass is 392 g/mol. The molecular formula is C21H20N4O2S. The first-order chi connectivity index (χ1) is 13.5. The van der Waals surface area contributed by atoms with E-state index in [0.29, 0.717) is 17.5 Å². The molecule has 28 heavy (non-hydrogen) atoms. The standard InChI is InChI=1S/C21H20N4O2S/c1-13-14(2)23-18(11-17(13)15-6-4-3-5-7-15)24-20(27)16-10-19(26)25(12-16)21-22-8-9-28-21/h3-9,11,16H,10,12H2,1-2H3,(H,23,24,27). The largest absolute Gasteiger partial charge is 0.310 e. The molecule has 1 aliphatic heterocycles. The Morgan fingerprint density at radius 1 is 1.25 bits per heavy atom. The molecule has 2 aromatic heterocycles. The van der Waals surface area contributed by atoms with Gasteiger partial charge >= 0.3 is 0 Å². The zero-order valence-corrected chi connectivity index (χ0v) is 16.5. The fourth-order valence-corrected chi connectivity index (χ4v) is 4.03. The van der Waals surface area contributed by atoms with Crippen LogP contribution < -0.4 is 10.2 Å². The van der Waals surface area contributed by atoms with Crippen LogP contribution in [0.1, 0.15) is 17.7 Å². The average Bonchev–Trinajstić information content (AvgIpc) is 3.34. The number of benzene rings is 1. The highest BCUT2D eigenvalue weighted by Gasteiger charge is 2.36. The summed E-state index contributed by atoms with van der Waals surface area (Å²) in [5.41, 5.74) is 4.06. The van der Waals surface area contributed by atoms with Crippen molar-refractivity contribution in [2.45, 2.75) is 20.3 Å². The molecule has 0 spiro atoms. The number of amides is 2. The van der Waals surface area contributed by atoms with Crippen molar-refractivity contribution in [3.05, 3.63) is 59.2 Å². The van der Waals surface area contributed by atoms with Crippen LogP contribution in [0.3, 0.4) is 0 Å². The van der Waals surface area contributed by atoms with Gasteiger partial charge in [0, 0.05) is 30.2 Å². The molecule has 142 valence electrons. The number of nitrogens with one attached hydrogen (secondary N) is 1. The molecule has 0 bridgehead atoms. The summed E-state index contributed by atoms with van der Waals surface area (Å²) in [5, 5.41) is 5.36. The molecule has 1 saturated heterocycles. The molecule has 1 aliphatic rings. The van der Waals surface area contributed by atoms with Crippen LogP contribution in [-0.2, 0) is 9.59 Å². The van der Waals surface area contributed by atoms with Crippen molar-refractivity contribution in [1.82, 2.24) is 9.97 Å². The van der Waals surface area contributed by atoms with E-state index >= 15 is 0 Å². The molecule has 1 atom stereocenters. The van der Waals surface area contributed by atoms with E-state index in [-0.39, 0.29) is 18.2 Å². The minimum atomic E-state index is -0.417. The second-order valence-electron chi connectivity index (χ2n) is 6.84. The molecule has 7 heteroatoms.